The van der Waals surface area contributed by atoms with Crippen molar-refractivity contribution < 1.29 is 0 Å². The quantitative estimate of drug-likeness (QED) is 0.877. The van der Waals surface area contributed by atoms with Gasteiger partial charge in [-0.3, -0.25) is 0 Å². The van der Waals surface area contributed by atoms with Crippen molar-refractivity contribution in [3.05, 3.63) is 50.5 Å². The first-order chi connectivity index (χ1) is 9.51. The lowest BCUT2D eigenvalue weighted by Gasteiger charge is -2.15. The first-order valence-electron chi connectivity index (χ1n) is 7.26. The summed E-state index contributed by atoms with van der Waals surface area (Å²) in [6.45, 7) is 11.8. The van der Waals surface area contributed by atoms with E-state index in [0.717, 1.165) is 13.0 Å². The van der Waals surface area contributed by atoms with Crippen molar-refractivity contribution >= 4 is 11.3 Å². The molecule has 1 aromatic carbocycles. The Morgan fingerprint density at radius 1 is 1.20 bits per heavy atom. The van der Waals surface area contributed by atoms with Gasteiger partial charge in [-0.05, 0) is 50.8 Å². The average molecular weight is 288 g/mol. The molecule has 20 heavy (non-hydrogen) atoms. The highest BCUT2D eigenvalue weighted by Gasteiger charge is 2.11. The Hall–Kier alpha value is -1.19. The minimum Gasteiger partial charge on any atom is -0.304 e. The molecule has 3 heteroatoms. The van der Waals surface area contributed by atoms with Crippen molar-refractivity contribution in [3.8, 4) is 0 Å². The number of aromatic nitrogens is 1. The van der Waals surface area contributed by atoms with E-state index in [1.807, 2.05) is 17.5 Å². The summed E-state index contributed by atoms with van der Waals surface area (Å²) in [5.74, 6) is 0. The van der Waals surface area contributed by atoms with Crippen molar-refractivity contribution in [2.24, 2.45) is 0 Å². The highest BCUT2D eigenvalue weighted by Crippen LogP contribution is 2.22. The minimum absolute atomic E-state index is 0.306. The van der Waals surface area contributed by atoms with Crippen LogP contribution >= 0.6 is 11.3 Å². The minimum atomic E-state index is 0.306. The van der Waals surface area contributed by atoms with Crippen LogP contribution in [0.15, 0.2) is 18.3 Å². The zero-order valence-electron chi connectivity index (χ0n) is 13.1. The van der Waals surface area contributed by atoms with E-state index in [4.69, 9.17) is 0 Å². The van der Waals surface area contributed by atoms with Crippen LogP contribution in [0.4, 0.5) is 0 Å². The molecule has 0 saturated heterocycles. The summed E-state index contributed by atoms with van der Waals surface area (Å²) in [6.07, 6.45) is 3.07. The van der Waals surface area contributed by atoms with E-state index in [1.165, 1.54) is 32.1 Å². The van der Waals surface area contributed by atoms with Crippen molar-refractivity contribution in [1.29, 1.82) is 0 Å². The first kappa shape index (κ1) is 15.2. The lowest BCUT2D eigenvalue weighted by Crippen LogP contribution is -2.19. The molecule has 0 saturated carbocycles. The Bertz CT molecular complexity index is 563. The van der Waals surface area contributed by atoms with E-state index >= 15 is 0 Å². The molecule has 1 N–H and O–H groups in total. The summed E-state index contributed by atoms with van der Waals surface area (Å²) >= 11 is 1.81. The fourth-order valence-corrected chi connectivity index (χ4v) is 3.40. The van der Waals surface area contributed by atoms with Gasteiger partial charge in [-0.2, -0.15) is 0 Å². The zero-order chi connectivity index (χ0) is 14.7. The van der Waals surface area contributed by atoms with E-state index in [9.17, 15) is 0 Å². The van der Waals surface area contributed by atoms with Gasteiger partial charge in [0.15, 0.2) is 0 Å². The summed E-state index contributed by atoms with van der Waals surface area (Å²) < 4.78 is 0. The largest absolute Gasteiger partial charge is 0.304 e. The molecule has 2 aromatic rings. The normalized spacial score (nSPS) is 12.7. The lowest BCUT2D eigenvalue weighted by molar-refractivity contribution is 0.569. The van der Waals surface area contributed by atoms with Gasteiger partial charge in [0.25, 0.3) is 0 Å². The Kier molecular flexibility index (Phi) is 4.95. The summed E-state index contributed by atoms with van der Waals surface area (Å²) in [5, 5.41) is 4.79. The molecular weight excluding hydrogens is 264 g/mol. The fourth-order valence-electron chi connectivity index (χ4n) is 2.52. The molecule has 0 aliphatic carbocycles. The monoisotopic (exact) mass is 288 g/mol. The van der Waals surface area contributed by atoms with Gasteiger partial charge in [-0.15, -0.1) is 11.3 Å². The van der Waals surface area contributed by atoms with Gasteiger partial charge in [0, 0.05) is 17.6 Å². The summed E-state index contributed by atoms with van der Waals surface area (Å²) in [5.41, 5.74) is 5.49. The van der Waals surface area contributed by atoms with Gasteiger partial charge in [0.2, 0.25) is 0 Å². The number of benzene rings is 1. The maximum Gasteiger partial charge on any atom is 0.109 e. The molecule has 0 spiro atoms. The summed E-state index contributed by atoms with van der Waals surface area (Å²) in [4.78, 5) is 5.87. The third-order valence-electron chi connectivity index (χ3n) is 3.72. The van der Waals surface area contributed by atoms with Crippen molar-refractivity contribution in [2.75, 3.05) is 0 Å². The highest BCUT2D eigenvalue weighted by atomic mass is 32.1. The number of nitrogens with zero attached hydrogens (tertiary/aromatic N) is 1. The van der Waals surface area contributed by atoms with Crippen LogP contribution < -0.4 is 5.32 Å². The maximum atomic E-state index is 4.51. The number of rotatable bonds is 5. The van der Waals surface area contributed by atoms with E-state index in [1.54, 1.807) is 0 Å². The molecule has 0 aliphatic rings. The molecule has 1 unspecified atom stereocenters. The molecule has 1 aromatic heterocycles. The predicted molar refractivity (Wildman–Crippen MR) is 87.4 cm³/mol. The Morgan fingerprint density at radius 2 is 1.85 bits per heavy atom. The van der Waals surface area contributed by atoms with Crippen LogP contribution in [0.25, 0.3) is 0 Å². The Labute approximate surface area is 126 Å². The second-order valence-electron chi connectivity index (χ2n) is 5.50. The van der Waals surface area contributed by atoms with Gasteiger partial charge in [0.1, 0.15) is 5.01 Å². The highest BCUT2D eigenvalue weighted by molar-refractivity contribution is 7.11. The van der Waals surface area contributed by atoms with Crippen LogP contribution in [-0.2, 0) is 13.0 Å². The molecule has 0 amide bonds. The Balaban J connectivity index is 2.05. The molecule has 0 aliphatic heterocycles. The molecule has 108 valence electrons. The van der Waals surface area contributed by atoms with Gasteiger partial charge in [0.05, 0.1) is 6.04 Å². The fraction of sp³-hybridized carbons (Fsp3) is 0.471. The van der Waals surface area contributed by atoms with Gasteiger partial charge in [-0.1, -0.05) is 24.6 Å². The van der Waals surface area contributed by atoms with E-state index < -0.39 is 0 Å². The second-order valence-corrected chi connectivity index (χ2v) is 6.65. The smallest absolute Gasteiger partial charge is 0.109 e. The topological polar surface area (TPSA) is 24.9 Å². The Morgan fingerprint density at radius 3 is 2.40 bits per heavy atom. The third-order valence-corrected chi connectivity index (χ3v) is 5.04. The molecule has 1 heterocycles. The maximum absolute atomic E-state index is 4.51. The van der Waals surface area contributed by atoms with E-state index in [0.29, 0.717) is 6.04 Å². The van der Waals surface area contributed by atoms with Gasteiger partial charge >= 0.3 is 0 Å². The first-order valence-corrected chi connectivity index (χ1v) is 8.07. The summed E-state index contributed by atoms with van der Waals surface area (Å²) in [7, 11) is 0. The molecule has 1 atom stereocenters. The number of aryl methyl sites for hydroxylation is 4. The molecule has 2 nitrogen and oxygen atoms in total. The molecule has 2 rings (SSSR count). The van der Waals surface area contributed by atoms with Crippen LogP contribution in [0.2, 0.25) is 0 Å². The van der Waals surface area contributed by atoms with Crippen LogP contribution in [0, 0.1) is 20.8 Å². The van der Waals surface area contributed by atoms with Gasteiger partial charge in [-0.25, -0.2) is 4.98 Å². The van der Waals surface area contributed by atoms with Crippen molar-refractivity contribution in [2.45, 2.75) is 53.6 Å². The molecular formula is C17H24N2S. The van der Waals surface area contributed by atoms with E-state index in [-0.39, 0.29) is 0 Å². The second kappa shape index (κ2) is 6.51. The molecule has 0 bridgehead atoms. The standard InChI is InChI=1S/C17H24N2S/c1-6-15-9-19-17(20-15)14(5)18-10-16-12(3)7-11(2)8-13(16)4/h7-9,14,18H,6,10H2,1-5H3. The molecule has 0 radical (unpaired) electrons. The van der Waals surface area contributed by atoms with Crippen LogP contribution in [0.3, 0.4) is 0 Å². The molecule has 0 fully saturated rings. The average Bonchev–Trinajstić information content (AvgIpc) is 2.86. The van der Waals surface area contributed by atoms with Crippen LogP contribution in [0.5, 0.6) is 0 Å². The lowest BCUT2D eigenvalue weighted by atomic mass is 10.00. The van der Waals surface area contributed by atoms with Crippen molar-refractivity contribution in [1.82, 2.24) is 10.3 Å². The third kappa shape index (κ3) is 3.47. The number of hydrogen-bond acceptors (Lipinski definition) is 3. The summed E-state index contributed by atoms with van der Waals surface area (Å²) in [6, 6.07) is 4.82. The SMILES string of the molecule is CCc1cnc(C(C)NCc2c(C)cc(C)cc2C)s1. The van der Waals surface area contributed by atoms with Crippen molar-refractivity contribution in [3.63, 3.8) is 0 Å². The number of hydrogen-bond donors (Lipinski definition) is 1. The van der Waals surface area contributed by atoms with Crippen LogP contribution in [-0.4, -0.2) is 4.98 Å². The van der Waals surface area contributed by atoms with Gasteiger partial charge < -0.3 is 5.32 Å². The van der Waals surface area contributed by atoms with Crippen LogP contribution in [0.1, 0.15) is 52.0 Å². The number of thiazole rings is 1. The predicted octanol–water partition coefficient (Wildman–Crippen LogP) is 4.48. The van der Waals surface area contributed by atoms with E-state index in [2.05, 4.69) is 57.1 Å². The number of nitrogens with one attached hydrogen (secondary N) is 1. The zero-order valence-corrected chi connectivity index (χ0v) is 13.9.